The summed E-state index contributed by atoms with van der Waals surface area (Å²) in [5.74, 6) is 0.497. The zero-order chi connectivity index (χ0) is 18.4. The number of carbonyl (C=O) groups excluding carboxylic acids is 1. The summed E-state index contributed by atoms with van der Waals surface area (Å²) < 4.78 is 12.4. The van der Waals surface area contributed by atoms with Crippen molar-refractivity contribution in [2.75, 3.05) is 19.5 Å². The zero-order valence-electron chi connectivity index (χ0n) is 13.5. The Labute approximate surface area is 167 Å². The van der Waals surface area contributed by atoms with Crippen LogP contribution in [0, 0.1) is 14.9 Å². The SMILES string of the molecule is COc1cc(I)cc(/C=C(/C#N)C(=O)Nc2cccc(Br)c2)c1OC. The molecule has 0 atom stereocenters. The molecule has 0 aliphatic rings. The van der Waals surface area contributed by atoms with E-state index in [1.54, 1.807) is 18.2 Å². The Kier molecular flexibility index (Phi) is 6.84. The molecule has 0 aliphatic carbocycles. The average Bonchev–Trinajstić information content (AvgIpc) is 2.58. The quantitative estimate of drug-likeness (QED) is 0.360. The van der Waals surface area contributed by atoms with E-state index in [1.807, 2.05) is 24.3 Å². The molecule has 2 aromatic rings. The summed E-state index contributed by atoms with van der Waals surface area (Å²) in [5, 5.41) is 12.1. The van der Waals surface area contributed by atoms with Crippen molar-refractivity contribution in [3.8, 4) is 17.6 Å². The number of rotatable bonds is 5. The van der Waals surface area contributed by atoms with Crippen LogP contribution >= 0.6 is 38.5 Å². The number of benzene rings is 2. The molecule has 0 aromatic heterocycles. The molecule has 0 fully saturated rings. The first-order valence-electron chi connectivity index (χ1n) is 7.08. The lowest BCUT2D eigenvalue weighted by Crippen LogP contribution is -2.13. The lowest BCUT2D eigenvalue weighted by Gasteiger charge is -2.12. The molecular weight excluding hydrogens is 499 g/mol. The minimum absolute atomic E-state index is 0.0395. The maximum Gasteiger partial charge on any atom is 0.266 e. The van der Waals surface area contributed by atoms with Crippen LogP contribution in [0.15, 0.2) is 46.4 Å². The van der Waals surface area contributed by atoms with Crippen molar-refractivity contribution in [2.45, 2.75) is 0 Å². The van der Waals surface area contributed by atoms with Crippen LogP contribution in [0.5, 0.6) is 11.5 Å². The van der Waals surface area contributed by atoms with Gasteiger partial charge in [-0.25, -0.2) is 0 Å². The standard InChI is InChI=1S/C18H14BrIN2O3/c1-24-16-9-14(20)7-11(17(16)25-2)6-12(10-21)18(23)22-15-5-3-4-13(19)8-15/h3-9H,1-2H3,(H,22,23)/b12-6-. The molecule has 128 valence electrons. The van der Waals surface area contributed by atoms with Gasteiger partial charge in [0.2, 0.25) is 0 Å². The zero-order valence-corrected chi connectivity index (χ0v) is 17.2. The Morgan fingerprint density at radius 2 is 2.04 bits per heavy atom. The van der Waals surface area contributed by atoms with E-state index >= 15 is 0 Å². The summed E-state index contributed by atoms with van der Waals surface area (Å²) in [6.07, 6.45) is 1.48. The summed E-state index contributed by atoms with van der Waals surface area (Å²) >= 11 is 5.47. The maximum absolute atomic E-state index is 12.4. The van der Waals surface area contributed by atoms with Gasteiger partial charge in [0, 0.05) is 19.3 Å². The van der Waals surface area contributed by atoms with Crippen LogP contribution in [-0.4, -0.2) is 20.1 Å². The molecule has 1 N–H and O–H groups in total. The van der Waals surface area contributed by atoms with Gasteiger partial charge in [0.05, 0.1) is 14.2 Å². The van der Waals surface area contributed by atoms with Crippen LogP contribution in [0.1, 0.15) is 5.56 Å². The Hall–Kier alpha value is -2.05. The molecule has 2 aromatic carbocycles. The highest BCUT2D eigenvalue weighted by molar-refractivity contribution is 14.1. The highest BCUT2D eigenvalue weighted by atomic mass is 127. The summed E-state index contributed by atoms with van der Waals surface area (Å²) in [5.41, 5.74) is 1.14. The molecule has 0 bridgehead atoms. The van der Waals surface area contributed by atoms with Crippen molar-refractivity contribution in [1.82, 2.24) is 0 Å². The van der Waals surface area contributed by atoms with Gasteiger partial charge in [-0.2, -0.15) is 5.26 Å². The van der Waals surface area contributed by atoms with E-state index in [0.717, 1.165) is 8.04 Å². The van der Waals surface area contributed by atoms with Crippen LogP contribution in [0.4, 0.5) is 5.69 Å². The second-order valence-electron chi connectivity index (χ2n) is 4.86. The maximum atomic E-state index is 12.4. The van der Waals surface area contributed by atoms with E-state index in [-0.39, 0.29) is 5.57 Å². The number of ether oxygens (including phenoxy) is 2. The number of nitrogens with one attached hydrogen (secondary N) is 1. The van der Waals surface area contributed by atoms with Crippen LogP contribution in [0.25, 0.3) is 6.08 Å². The van der Waals surface area contributed by atoms with Crippen molar-refractivity contribution in [1.29, 1.82) is 5.26 Å². The van der Waals surface area contributed by atoms with Crippen molar-refractivity contribution in [2.24, 2.45) is 0 Å². The van der Waals surface area contributed by atoms with Gasteiger partial charge in [0.25, 0.3) is 5.91 Å². The van der Waals surface area contributed by atoms with Crippen LogP contribution in [0.2, 0.25) is 0 Å². The fourth-order valence-electron chi connectivity index (χ4n) is 2.13. The van der Waals surface area contributed by atoms with Gasteiger partial charge >= 0.3 is 0 Å². The first kappa shape index (κ1) is 19.3. The largest absolute Gasteiger partial charge is 0.493 e. The number of anilines is 1. The van der Waals surface area contributed by atoms with Crippen LogP contribution in [0.3, 0.4) is 0 Å². The summed E-state index contributed by atoms with van der Waals surface area (Å²) in [4.78, 5) is 12.4. The van der Waals surface area contributed by atoms with Crippen molar-refractivity contribution in [3.63, 3.8) is 0 Å². The summed E-state index contributed by atoms with van der Waals surface area (Å²) in [7, 11) is 3.04. The number of amides is 1. The molecule has 0 aliphatic heterocycles. The van der Waals surface area contributed by atoms with Crippen molar-refractivity contribution >= 4 is 56.2 Å². The molecule has 5 nitrogen and oxygen atoms in total. The molecule has 0 radical (unpaired) electrons. The predicted molar refractivity (Wildman–Crippen MR) is 109 cm³/mol. The van der Waals surface area contributed by atoms with Gasteiger partial charge in [0.15, 0.2) is 11.5 Å². The Bertz CT molecular complexity index is 875. The second-order valence-corrected chi connectivity index (χ2v) is 7.03. The van der Waals surface area contributed by atoms with Gasteiger partial charge in [-0.3, -0.25) is 4.79 Å². The van der Waals surface area contributed by atoms with Gasteiger partial charge in [-0.1, -0.05) is 22.0 Å². The van der Waals surface area contributed by atoms with Crippen LogP contribution in [-0.2, 0) is 4.79 Å². The van der Waals surface area contributed by atoms with Gasteiger partial charge in [0.1, 0.15) is 11.6 Å². The number of halogens is 2. The molecule has 0 saturated heterocycles. The van der Waals surface area contributed by atoms with E-state index in [4.69, 9.17) is 9.47 Å². The Morgan fingerprint density at radius 1 is 1.28 bits per heavy atom. The second kappa shape index (κ2) is 8.87. The number of hydrogen-bond acceptors (Lipinski definition) is 4. The molecule has 0 spiro atoms. The molecule has 0 heterocycles. The number of hydrogen-bond donors (Lipinski definition) is 1. The summed E-state index contributed by atoms with van der Waals surface area (Å²) in [6, 6.07) is 12.7. The average molecular weight is 513 g/mol. The normalized spacial score (nSPS) is 10.8. The third-order valence-corrected chi connectivity index (χ3v) is 4.34. The Morgan fingerprint density at radius 3 is 2.64 bits per heavy atom. The van der Waals surface area contributed by atoms with Gasteiger partial charge in [-0.05, 0) is 59.0 Å². The summed E-state index contributed by atoms with van der Waals surface area (Å²) in [6.45, 7) is 0. The molecule has 0 unspecified atom stereocenters. The van der Waals surface area contributed by atoms with Gasteiger partial charge in [-0.15, -0.1) is 0 Å². The highest BCUT2D eigenvalue weighted by Gasteiger charge is 2.15. The number of carbonyl (C=O) groups is 1. The molecule has 7 heteroatoms. The van der Waals surface area contributed by atoms with E-state index in [9.17, 15) is 10.1 Å². The van der Waals surface area contributed by atoms with E-state index in [2.05, 4.69) is 43.8 Å². The van der Waals surface area contributed by atoms with Crippen molar-refractivity contribution in [3.05, 3.63) is 55.6 Å². The van der Waals surface area contributed by atoms with Gasteiger partial charge < -0.3 is 14.8 Å². The number of nitrogens with zero attached hydrogens (tertiary/aromatic N) is 1. The minimum atomic E-state index is -0.500. The highest BCUT2D eigenvalue weighted by Crippen LogP contribution is 2.34. The predicted octanol–water partition coefficient (Wildman–Crippen LogP) is 4.62. The van der Waals surface area contributed by atoms with Crippen LogP contribution < -0.4 is 14.8 Å². The Balaban J connectivity index is 2.39. The monoisotopic (exact) mass is 512 g/mol. The first-order valence-corrected chi connectivity index (χ1v) is 8.96. The molecule has 0 saturated carbocycles. The fraction of sp³-hybridized carbons (Fsp3) is 0.111. The molecular formula is C18H14BrIN2O3. The lowest BCUT2D eigenvalue weighted by atomic mass is 10.1. The molecule has 1 amide bonds. The first-order chi connectivity index (χ1) is 12.0. The smallest absolute Gasteiger partial charge is 0.266 e. The lowest BCUT2D eigenvalue weighted by molar-refractivity contribution is -0.112. The minimum Gasteiger partial charge on any atom is -0.493 e. The number of nitriles is 1. The number of methoxy groups -OCH3 is 2. The van der Waals surface area contributed by atoms with Crippen molar-refractivity contribution < 1.29 is 14.3 Å². The molecule has 2 rings (SSSR count). The third kappa shape index (κ3) is 4.96. The van der Waals surface area contributed by atoms with E-state index in [0.29, 0.717) is 22.7 Å². The fourth-order valence-corrected chi connectivity index (χ4v) is 3.15. The third-order valence-electron chi connectivity index (χ3n) is 3.22. The topological polar surface area (TPSA) is 71.3 Å². The van der Waals surface area contributed by atoms with E-state index in [1.165, 1.54) is 20.3 Å². The molecule has 25 heavy (non-hydrogen) atoms. The van der Waals surface area contributed by atoms with E-state index < -0.39 is 5.91 Å².